The highest BCUT2D eigenvalue weighted by Crippen LogP contribution is 2.45. The molecule has 0 aromatic carbocycles. The molecule has 0 aliphatic rings. The van der Waals surface area contributed by atoms with Gasteiger partial charge < -0.3 is 33.8 Å². The van der Waals surface area contributed by atoms with Crippen LogP contribution in [0.15, 0.2) is 0 Å². The van der Waals surface area contributed by atoms with Gasteiger partial charge >= 0.3 is 39.5 Å². The smallest absolute Gasteiger partial charge is 0.462 e. The van der Waals surface area contributed by atoms with Gasteiger partial charge in [0, 0.05) is 25.7 Å². The first-order valence-corrected chi connectivity index (χ1v) is 48.7. The molecule has 0 amide bonds. The predicted octanol–water partition coefficient (Wildman–Crippen LogP) is 27.1. The van der Waals surface area contributed by atoms with Crippen molar-refractivity contribution in [2.45, 2.75) is 485 Å². The molecule has 0 aliphatic carbocycles. The molecule has 3 unspecified atom stereocenters. The van der Waals surface area contributed by atoms with E-state index in [1.54, 1.807) is 0 Å². The van der Waals surface area contributed by atoms with Crippen LogP contribution in [-0.4, -0.2) is 96.7 Å². The lowest BCUT2D eigenvalue weighted by Gasteiger charge is -2.21. The number of carbonyl (C=O) groups excluding carboxylic acids is 4. The van der Waals surface area contributed by atoms with Crippen molar-refractivity contribution in [1.82, 2.24) is 0 Å². The number of aliphatic hydroxyl groups is 1. The van der Waals surface area contributed by atoms with E-state index in [9.17, 15) is 43.2 Å². The quantitative estimate of drug-likeness (QED) is 0.0222. The van der Waals surface area contributed by atoms with Gasteiger partial charge in [-0.2, -0.15) is 0 Å². The van der Waals surface area contributed by atoms with Crippen LogP contribution in [0.2, 0.25) is 0 Å². The first-order chi connectivity index (χ1) is 52.1. The number of esters is 4. The number of hydrogen-bond acceptors (Lipinski definition) is 15. The lowest BCUT2D eigenvalue weighted by Crippen LogP contribution is -2.30. The molecule has 0 heterocycles. The molecule has 642 valence electrons. The number of ether oxygens (including phenoxy) is 4. The van der Waals surface area contributed by atoms with Crippen LogP contribution in [0.5, 0.6) is 0 Å². The maximum atomic E-state index is 13.2. The third-order valence-corrected chi connectivity index (χ3v) is 23.1. The Balaban J connectivity index is 5.26. The van der Waals surface area contributed by atoms with Gasteiger partial charge in [0.25, 0.3) is 0 Å². The third kappa shape index (κ3) is 80.7. The van der Waals surface area contributed by atoms with Gasteiger partial charge in [0.1, 0.15) is 19.3 Å². The molecule has 17 nitrogen and oxygen atoms in total. The highest BCUT2D eigenvalue weighted by molar-refractivity contribution is 7.47. The van der Waals surface area contributed by atoms with Crippen LogP contribution in [0.3, 0.4) is 0 Å². The fourth-order valence-corrected chi connectivity index (χ4v) is 15.4. The van der Waals surface area contributed by atoms with Crippen molar-refractivity contribution >= 4 is 39.5 Å². The summed E-state index contributed by atoms with van der Waals surface area (Å²) in [6.07, 6.45) is 68.0. The lowest BCUT2D eigenvalue weighted by atomic mass is 9.99. The van der Waals surface area contributed by atoms with Crippen molar-refractivity contribution < 1.29 is 80.2 Å². The molecule has 108 heavy (non-hydrogen) atoms. The Bertz CT molecular complexity index is 2100. The molecule has 6 atom stereocenters. The van der Waals surface area contributed by atoms with Crippen molar-refractivity contribution in [3.63, 3.8) is 0 Å². The zero-order valence-corrected chi connectivity index (χ0v) is 73.3. The average Bonchev–Trinajstić information content (AvgIpc) is 0.897. The zero-order valence-electron chi connectivity index (χ0n) is 71.5. The van der Waals surface area contributed by atoms with E-state index >= 15 is 0 Å². The van der Waals surface area contributed by atoms with E-state index in [0.29, 0.717) is 25.7 Å². The zero-order chi connectivity index (χ0) is 79.5. The number of carbonyl (C=O) groups is 4. The Kier molecular flexibility index (Phi) is 76.2. The number of unbranched alkanes of at least 4 members (excludes halogenated alkanes) is 51. The number of aliphatic hydroxyl groups excluding tert-OH is 1. The van der Waals surface area contributed by atoms with Crippen LogP contribution in [0.25, 0.3) is 0 Å². The van der Waals surface area contributed by atoms with Gasteiger partial charge in [0.2, 0.25) is 0 Å². The van der Waals surface area contributed by atoms with Crippen molar-refractivity contribution in [2.24, 2.45) is 23.7 Å². The van der Waals surface area contributed by atoms with Crippen molar-refractivity contribution in [1.29, 1.82) is 0 Å². The highest BCUT2D eigenvalue weighted by Gasteiger charge is 2.31. The minimum atomic E-state index is -4.97. The summed E-state index contributed by atoms with van der Waals surface area (Å²) in [5.74, 6) is 1.10. The van der Waals surface area contributed by atoms with E-state index in [2.05, 4.69) is 55.4 Å². The third-order valence-electron chi connectivity index (χ3n) is 21.2. The Morgan fingerprint density at radius 3 is 0.657 bits per heavy atom. The summed E-state index contributed by atoms with van der Waals surface area (Å²) in [7, 11) is -9.94. The maximum Gasteiger partial charge on any atom is 0.472 e. The minimum absolute atomic E-state index is 0.107. The van der Waals surface area contributed by atoms with Gasteiger partial charge in [-0.15, -0.1) is 0 Å². The fraction of sp³-hybridized carbons (Fsp3) is 0.955. The van der Waals surface area contributed by atoms with Gasteiger partial charge in [-0.3, -0.25) is 37.3 Å². The summed E-state index contributed by atoms with van der Waals surface area (Å²) < 4.78 is 69.0. The Labute approximate surface area is 664 Å². The molecule has 3 N–H and O–H groups in total. The summed E-state index contributed by atoms with van der Waals surface area (Å²) >= 11 is 0. The summed E-state index contributed by atoms with van der Waals surface area (Å²) in [4.78, 5) is 73.4. The normalized spacial score (nSPS) is 14.1. The van der Waals surface area contributed by atoms with Crippen LogP contribution in [-0.2, 0) is 65.4 Å². The maximum absolute atomic E-state index is 13.2. The summed E-state index contributed by atoms with van der Waals surface area (Å²) in [6.45, 7) is 14.4. The average molecular weight is 1580 g/mol. The number of hydrogen-bond donors (Lipinski definition) is 3. The van der Waals surface area contributed by atoms with Crippen molar-refractivity contribution in [2.75, 3.05) is 39.6 Å². The van der Waals surface area contributed by atoms with Gasteiger partial charge in [0.15, 0.2) is 12.2 Å². The molecular formula is C89H174O17P2. The molecule has 19 heteroatoms. The number of rotatable bonds is 86. The van der Waals surface area contributed by atoms with E-state index in [-0.39, 0.29) is 25.7 Å². The molecule has 0 radical (unpaired) electrons. The van der Waals surface area contributed by atoms with Gasteiger partial charge in [-0.25, -0.2) is 9.13 Å². The molecule has 0 saturated heterocycles. The van der Waals surface area contributed by atoms with Gasteiger partial charge in [0.05, 0.1) is 26.4 Å². The first kappa shape index (κ1) is 106. The van der Waals surface area contributed by atoms with E-state index in [0.717, 1.165) is 114 Å². The lowest BCUT2D eigenvalue weighted by molar-refractivity contribution is -0.161. The number of phosphoric acid groups is 2. The molecule has 0 fully saturated rings. The van der Waals surface area contributed by atoms with Crippen LogP contribution < -0.4 is 0 Å². The topological polar surface area (TPSA) is 237 Å². The summed E-state index contributed by atoms with van der Waals surface area (Å²) in [6, 6.07) is 0. The van der Waals surface area contributed by atoms with Crippen LogP contribution in [0.1, 0.15) is 466 Å². The molecule has 0 rings (SSSR count). The predicted molar refractivity (Wildman–Crippen MR) is 446 cm³/mol. The van der Waals surface area contributed by atoms with Gasteiger partial charge in [-0.1, -0.05) is 415 Å². The Morgan fingerprint density at radius 1 is 0.259 bits per heavy atom. The standard InChI is InChI=1S/C89H174O17P2/c1-9-82(8)68-60-52-44-39-40-46-54-62-70-87(92)100-76-85(106-89(94)72-64-56-48-38-32-26-20-19-23-29-35-43-51-59-67-81(6)7)78-104-108(97,98)102-74-83(90)73-101-107(95,96)103-77-84(75-99-86(91)69-61-53-45-36-30-24-18-14-16-22-28-34-42-50-58-66-80(4)5)105-88(93)71-63-55-47-37-31-25-17-13-11-10-12-15-21-27-33-41-49-57-65-79(2)3/h79-85,90H,9-78H2,1-8H3,(H,95,96)(H,97,98)/t82?,83-,84-,85-/m1/s1. The second-order valence-electron chi connectivity index (χ2n) is 33.7. The monoisotopic (exact) mass is 1580 g/mol. The fourth-order valence-electron chi connectivity index (χ4n) is 13.8. The van der Waals surface area contributed by atoms with E-state index < -0.39 is 97.5 Å². The highest BCUT2D eigenvalue weighted by atomic mass is 31.2. The van der Waals surface area contributed by atoms with E-state index in [1.165, 1.54) is 270 Å². The number of phosphoric ester groups is 2. The van der Waals surface area contributed by atoms with E-state index in [4.69, 9.17) is 37.0 Å². The summed E-state index contributed by atoms with van der Waals surface area (Å²) in [5.41, 5.74) is 0. The van der Waals surface area contributed by atoms with Crippen molar-refractivity contribution in [3.8, 4) is 0 Å². The minimum Gasteiger partial charge on any atom is -0.462 e. The van der Waals surface area contributed by atoms with Crippen molar-refractivity contribution in [3.05, 3.63) is 0 Å². The van der Waals surface area contributed by atoms with Crippen LogP contribution >= 0.6 is 15.6 Å². The molecule has 0 aromatic rings. The second-order valence-corrected chi connectivity index (χ2v) is 36.6. The molecule has 0 bridgehead atoms. The van der Waals surface area contributed by atoms with Gasteiger partial charge in [-0.05, 0) is 49.4 Å². The first-order valence-electron chi connectivity index (χ1n) is 45.7. The molecule has 0 aliphatic heterocycles. The van der Waals surface area contributed by atoms with Crippen LogP contribution in [0, 0.1) is 23.7 Å². The molecule has 0 saturated carbocycles. The Morgan fingerprint density at radius 2 is 0.444 bits per heavy atom. The van der Waals surface area contributed by atoms with Crippen LogP contribution in [0.4, 0.5) is 0 Å². The molecular weight excluding hydrogens is 1400 g/mol. The largest absolute Gasteiger partial charge is 0.472 e. The summed E-state index contributed by atoms with van der Waals surface area (Å²) in [5, 5.41) is 10.7. The SMILES string of the molecule is CCC(C)CCCCCCCCCCC(=O)OC[C@H](COP(=O)(O)OC[C@H](O)COP(=O)(O)OC[C@@H](COC(=O)CCCCCCCCCCCCCCCCCC(C)C)OC(=O)CCCCCCCCCCCCCCCCCCCCC(C)C)OC(=O)CCCCCCCCCCCCCCCCC(C)C. The second kappa shape index (κ2) is 77.6. The Hall–Kier alpha value is -1.94. The molecule has 0 spiro atoms. The molecule has 0 aromatic heterocycles. The van der Waals surface area contributed by atoms with E-state index in [1.807, 2.05) is 0 Å².